The molecule has 2 N–H and O–H groups in total. The molecule has 0 radical (unpaired) electrons. The Labute approximate surface area is 202 Å². The van der Waals surface area contributed by atoms with Crippen molar-refractivity contribution in [2.75, 3.05) is 52.9 Å². The molecule has 3 rings (SSSR count). The van der Waals surface area contributed by atoms with Crippen LogP contribution in [-0.4, -0.2) is 85.7 Å². The van der Waals surface area contributed by atoms with Crippen LogP contribution in [0.4, 0.5) is 9.59 Å². The molecule has 0 spiro atoms. The summed E-state index contributed by atoms with van der Waals surface area (Å²) in [7, 11) is 1.68. The number of amides is 4. The lowest BCUT2D eigenvalue weighted by Crippen LogP contribution is -2.49. The van der Waals surface area contributed by atoms with Gasteiger partial charge in [0.15, 0.2) is 0 Å². The van der Waals surface area contributed by atoms with Crippen LogP contribution in [0.25, 0.3) is 0 Å². The molecule has 1 atom stereocenters. The molecule has 1 aromatic rings. The molecular formula is C25H37N5O4. The smallest absolute Gasteiger partial charge is 0.338 e. The predicted octanol–water partition coefficient (Wildman–Crippen LogP) is 2.55. The third-order valence-corrected chi connectivity index (χ3v) is 6.39. The number of aryl methyl sites for hydroxylation is 2. The van der Waals surface area contributed by atoms with Crippen LogP contribution < -0.4 is 10.6 Å². The van der Waals surface area contributed by atoms with E-state index >= 15 is 0 Å². The Morgan fingerprint density at radius 1 is 1.15 bits per heavy atom. The van der Waals surface area contributed by atoms with Crippen molar-refractivity contribution in [1.29, 1.82) is 0 Å². The highest BCUT2D eigenvalue weighted by molar-refractivity contribution is 5.95. The average molecular weight is 472 g/mol. The van der Waals surface area contributed by atoms with E-state index in [4.69, 9.17) is 4.74 Å². The van der Waals surface area contributed by atoms with Crippen molar-refractivity contribution in [3.8, 4) is 0 Å². The van der Waals surface area contributed by atoms with Gasteiger partial charge in [0, 0.05) is 52.0 Å². The lowest BCUT2D eigenvalue weighted by molar-refractivity contribution is -0.139. The van der Waals surface area contributed by atoms with Crippen molar-refractivity contribution in [1.82, 2.24) is 25.3 Å². The number of hydrogen-bond acceptors (Lipinski definition) is 5. The van der Waals surface area contributed by atoms with Crippen LogP contribution in [0.15, 0.2) is 29.5 Å². The number of hydrogen-bond donors (Lipinski definition) is 2. The topological polar surface area (TPSA) is 94.2 Å². The van der Waals surface area contributed by atoms with E-state index in [1.807, 2.05) is 43.9 Å². The summed E-state index contributed by atoms with van der Waals surface area (Å²) in [5.74, 6) is -0.423. The Bertz CT molecular complexity index is 961. The molecule has 2 aliphatic rings. The van der Waals surface area contributed by atoms with Crippen molar-refractivity contribution >= 4 is 18.0 Å². The van der Waals surface area contributed by atoms with Gasteiger partial charge in [-0.15, -0.1) is 0 Å². The van der Waals surface area contributed by atoms with Crippen LogP contribution in [0.5, 0.6) is 0 Å². The summed E-state index contributed by atoms with van der Waals surface area (Å²) in [6, 6.07) is 5.10. The number of urea groups is 2. The molecule has 0 saturated carbocycles. The van der Waals surface area contributed by atoms with Crippen LogP contribution in [0.1, 0.15) is 43.0 Å². The Morgan fingerprint density at radius 3 is 2.59 bits per heavy atom. The fourth-order valence-electron chi connectivity index (χ4n) is 4.59. The number of rotatable bonds is 6. The summed E-state index contributed by atoms with van der Waals surface area (Å²) in [4.78, 5) is 44.0. The van der Waals surface area contributed by atoms with Gasteiger partial charge in [-0.2, -0.15) is 0 Å². The highest BCUT2D eigenvalue weighted by Gasteiger charge is 2.38. The summed E-state index contributed by atoms with van der Waals surface area (Å²) in [6.07, 6.45) is 0.815. The molecular weight excluding hydrogens is 434 g/mol. The first-order valence-corrected chi connectivity index (χ1v) is 12.0. The fraction of sp³-hybridized carbons (Fsp3) is 0.560. The number of nitrogens with zero attached hydrogens (tertiary/aromatic N) is 3. The minimum absolute atomic E-state index is 0.0557. The molecule has 1 aromatic carbocycles. The number of likely N-dealkylation sites (N-methyl/N-ethyl adjacent to an activating group) is 1. The lowest BCUT2D eigenvalue weighted by Gasteiger charge is -2.37. The molecule has 0 aromatic heterocycles. The molecule has 186 valence electrons. The highest BCUT2D eigenvalue weighted by Crippen LogP contribution is 2.33. The maximum absolute atomic E-state index is 13.2. The van der Waals surface area contributed by atoms with Gasteiger partial charge < -0.3 is 20.3 Å². The number of esters is 1. The van der Waals surface area contributed by atoms with E-state index in [0.717, 1.165) is 29.7 Å². The third kappa shape index (κ3) is 5.70. The van der Waals surface area contributed by atoms with Crippen molar-refractivity contribution < 1.29 is 19.1 Å². The number of benzene rings is 1. The second-order valence-corrected chi connectivity index (χ2v) is 8.83. The second-order valence-electron chi connectivity index (χ2n) is 8.83. The van der Waals surface area contributed by atoms with E-state index < -0.39 is 12.0 Å². The summed E-state index contributed by atoms with van der Waals surface area (Å²) in [5.41, 5.74) is 4.09. The van der Waals surface area contributed by atoms with E-state index in [2.05, 4.69) is 15.5 Å². The minimum Gasteiger partial charge on any atom is -0.463 e. The zero-order valence-corrected chi connectivity index (χ0v) is 20.9. The van der Waals surface area contributed by atoms with Gasteiger partial charge in [0.25, 0.3) is 0 Å². The summed E-state index contributed by atoms with van der Waals surface area (Å²) < 4.78 is 5.45. The lowest BCUT2D eigenvalue weighted by atomic mass is 9.90. The predicted molar refractivity (Wildman–Crippen MR) is 130 cm³/mol. The molecule has 0 aliphatic carbocycles. The van der Waals surface area contributed by atoms with Crippen LogP contribution >= 0.6 is 0 Å². The highest BCUT2D eigenvalue weighted by atomic mass is 16.5. The molecule has 9 nitrogen and oxygen atoms in total. The molecule has 2 aliphatic heterocycles. The van der Waals surface area contributed by atoms with Gasteiger partial charge in [0.2, 0.25) is 0 Å². The maximum atomic E-state index is 13.2. The minimum atomic E-state index is -0.586. The second kappa shape index (κ2) is 11.4. The molecule has 2 heterocycles. The Hall–Kier alpha value is -3.07. The van der Waals surface area contributed by atoms with Gasteiger partial charge in [-0.05, 0) is 45.2 Å². The van der Waals surface area contributed by atoms with Crippen molar-refractivity contribution in [2.24, 2.45) is 0 Å². The number of ether oxygens (including phenoxy) is 1. The molecule has 9 heteroatoms. The maximum Gasteiger partial charge on any atom is 0.338 e. The van der Waals surface area contributed by atoms with E-state index in [1.165, 1.54) is 4.90 Å². The molecule has 1 saturated heterocycles. The fourth-order valence-corrected chi connectivity index (χ4v) is 4.59. The molecule has 4 amide bonds. The van der Waals surface area contributed by atoms with Crippen LogP contribution in [0.3, 0.4) is 0 Å². The zero-order chi connectivity index (χ0) is 24.8. The van der Waals surface area contributed by atoms with E-state index in [1.54, 1.807) is 14.0 Å². The normalized spacial score (nSPS) is 19.6. The van der Waals surface area contributed by atoms with Crippen molar-refractivity contribution in [2.45, 2.75) is 40.2 Å². The molecule has 0 bridgehead atoms. The summed E-state index contributed by atoms with van der Waals surface area (Å²) in [5, 5.41) is 5.85. The number of carbonyl (C=O) groups excluding carboxylic acids is 3. The molecule has 34 heavy (non-hydrogen) atoms. The van der Waals surface area contributed by atoms with Crippen LogP contribution in [-0.2, 0) is 9.53 Å². The van der Waals surface area contributed by atoms with Gasteiger partial charge in [-0.25, -0.2) is 14.4 Å². The Balaban J connectivity index is 1.95. The van der Waals surface area contributed by atoms with E-state index in [-0.39, 0.29) is 18.7 Å². The van der Waals surface area contributed by atoms with Crippen LogP contribution in [0.2, 0.25) is 0 Å². The van der Waals surface area contributed by atoms with Gasteiger partial charge in [0.05, 0.1) is 18.2 Å². The van der Waals surface area contributed by atoms with Crippen molar-refractivity contribution in [3.63, 3.8) is 0 Å². The first kappa shape index (κ1) is 25.6. The summed E-state index contributed by atoms with van der Waals surface area (Å²) >= 11 is 0. The third-order valence-electron chi connectivity index (χ3n) is 6.39. The van der Waals surface area contributed by atoms with E-state index in [9.17, 15) is 14.4 Å². The van der Waals surface area contributed by atoms with Crippen molar-refractivity contribution in [3.05, 3.63) is 46.2 Å². The molecule has 0 unspecified atom stereocenters. The van der Waals surface area contributed by atoms with Gasteiger partial charge in [-0.3, -0.25) is 9.80 Å². The first-order valence-electron chi connectivity index (χ1n) is 12.0. The largest absolute Gasteiger partial charge is 0.463 e. The van der Waals surface area contributed by atoms with Gasteiger partial charge in [-0.1, -0.05) is 23.8 Å². The first-order chi connectivity index (χ1) is 16.3. The average Bonchev–Trinajstić information content (AvgIpc) is 3.03. The summed E-state index contributed by atoms with van der Waals surface area (Å²) in [6.45, 7) is 11.6. The van der Waals surface area contributed by atoms with Gasteiger partial charge in [0.1, 0.15) is 0 Å². The monoisotopic (exact) mass is 471 g/mol. The standard InChI is InChI=1S/C25H37N5O4/c1-6-26-24(32)30-12-8-11-29(13-14-30)16-20-21(23(31)34-7-2)22(27-25(33)28(20)5)19-10-9-17(3)15-18(19)4/h9-10,15,22H,6-8,11-14,16H2,1-5H3,(H,26,32)(H,27,33)/t22-/m1/s1. The zero-order valence-electron chi connectivity index (χ0n) is 20.9. The number of nitrogens with one attached hydrogen (secondary N) is 2. The quantitative estimate of drug-likeness (QED) is 0.622. The SMILES string of the molecule is CCNC(=O)N1CCCN(CC2=C(C(=O)OCC)[C@@H](c3ccc(C)cc3C)NC(=O)N2C)CC1. The van der Waals surface area contributed by atoms with E-state index in [0.29, 0.717) is 44.0 Å². The van der Waals surface area contributed by atoms with Gasteiger partial charge >= 0.3 is 18.0 Å². The molecule has 1 fully saturated rings. The number of carbonyl (C=O) groups is 3. The van der Waals surface area contributed by atoms with Crippen LogP contribution in [0, 0.1) is 13.8 Å². The Morgan fingerprint density at radius 2 is 1.91 bits per heavy atom. The Kier molecular flexibility index (Phi) is 8.55.